The van der Waals surface area contributed by atoms with E-state index in [9.17, 15) is 5.11 Å². The number of aliphatic hydroxyl groups is 1. The first-order chi connectivity index (χ1) is 8.49. The van der Waals surface area contributed by atoms with E-state index in [0.717, 1.165) is 11.1 Å². The Bertz CT molecular complexity index is 565. The number of aliphatic hydroxyl groups excluding tert-OH is 1. The molecule has 0 aliphatic carbocycles. The number of nitrogens with zero attached hydrogens (tertiary/aromatic N) is 2. The van der Waals surface area contributed by atoms with Crippen LogP contribution in [0.25, 0.3) is 0 Å². The molecule has 96 valence electrons. The first-order valence-electron chi connectivity index (χ1n) is 5.69. The van der Waals surface area contributed by atoms with Crippen molar-refractivity contribution in [1.29, 1.82) is 0 Å². The number of halogens is 1. The van der Waals surface area contributed by atoms with Crippen molar-refractivity contribution in [2.75, 3.05) is 5.73 Å². The van der Waals surface area contributed by atoms with E-state index < -0.39 is 6.10 Å². The highest BCUT2D eigenvalue weighted by atomic mass is 35.5. The molecule has 0 saturated heterocycles. The molecule has 0 fully saturated rings. The number of nitrogen functional groups attached to an aromatic ring is 1. The predicted molar refractivity (Wildman–Crippen MR) is 72.5 cm³/mol. The molecule has 0 bridgehead atoms. The lowest BCUT2D eigenvalue weighted by Gasteiger charge is -2.11. The number of anilines is 1. The number of aromatic nitrogens is 2. The van der Waals surface area contributed by atoms with Crippen molar-refractivity contribution in [3.8, 4) is 0 Å². The molecule has 18 heavy (non-hydrogen) atoms. The Labute approximate surface area is 111 Å². The Morgan fingerprint density at radius 2 is 2.22 bits per heavy atom. The summed E-state index contributed by atoms with van der Waals surface area (Å²) >= 11 is 6.14. The summed E-state index contributed by atoms with van der Waals surface area (Å²) in [6.07, 6.45) is 1.32. The van der Waals surface area contributed by atoms with E-state index in [1.165, 1.54) is 4.68 Å². The van der Waals surface area contributed by atoms with Gasteiger partial charge in [-0.15, -0.1) is 0 Å². The summed E-state index contributed by atoms with van der Waals surface area (Å²) in [7, 11) is 1.74. The SMILES string of the molecule is Cc1ccc(CC(O)c2cnn(C)c2N)c(Cl)c1. The Hall–Kier alpha value is -1.52. The molecule has 4 nitrogen and oxygen atoms in total. The largest absolute Gasteiger partial charge is 0.388 e. The van der Waals surface area contributed by atoms with Gasteiger partial charge in [-0.3, -0.25) is 4.68 Å². The number of aryl methyl sites for hydroxylation is 2. The molecule has 1 atom stereocenters. The molecule has 1 aromatic carbocycles. The van der Waals surface area contributed by atoms with Gasteiger partial charge in [0.05, 0.1) is 12.3 Å². The van der Waals surface area contributed by atoms with Crippen LogP contribution in [-0.2, 0) is 13.5 Å². The number of nitrogens with two attached hydrogens (primary N) is 1. The molecular weight excluding hydrogens is 250 g/mol. The Morgan fingerprint density at radius 1 is 1.50 bits per heavy atom. The van der Waals surface area contributed by atoms with Crippen molar-refractivity contribution < 1.29 is 5.11 Å². The van der Waals surface area contributed by atoms with Gasteiger partial charge in [-0.1, -0.05) is 23.7 Å². The summed E-state index contributed by atoms with van der Waals surface area (Å²) in [6, 6.07) is 5.78. The van der Waals surface area contributed by atoms with Gasteiger partial charge in [-0.05, 0) is 24.1 Å². The summed E-state index contributed by atoms with van der Waals surface area (Å²) < 4.78 is 1.54. The maximum Gasteiger partial charge on any atom is 0.127 e. The molecule has 0 aliphatic heterocycles. The lowest BCUT2D eigenvalue weighted by Crippen LogP contribution is -2.06. The van der Waals surface area contributed by atoms with Crippen molar-refractivity contribution in [2.24, 2.45) is 7.05 Å². The molecule has 2 aromatic rings. The summed E-state index contributed by atoms with van der Waals surface area (Å²) in [5, 5.41) is 14.8. The van der Waals surface area contributed by atoms with Crippen LogP contribution in [0, 0.1) is 6.92 Å². The zero-order valence-corrected chi connectivity index (χ0v) is 11.1. The predicted octanol–water partition coefficient (Wildman–Crippen LogP) is 2.24. The van der Waals surface area contributed by atoms with Crippen LogP contribution in [0.1, 0.15) is 22.8 Å². The first-order valence-corrected chi connectivity index (χ1v) is 6.07. The van der Waals surface area contributed by atoms with E-state index in [0.29, 0.717) is 22.8 Å². The van der Waals surface area contributed by atoms with Crippen LogP contribution in [-0.4, -0.2) is 14.9 Å². The van der Waals surface area contributed by atoms with Crippen LogP contribution < -0.4 is 5.73 Å². The van der Waals surface area contributed by atoms with Crippen molar-refractivity contribution >= 4 is 17.4 Å². The highest BCUT2D eigenvalue weighted by Crippen LogP contribution is 2.26. The third kappa shape index (κ3) is 2.49. The fourth-order valence-corrected chi connectivity index (χ4v) is 2.17. The average molecular weight is 266 g/mol. The summed E-state index contributed by atoms with van der Waals surface area (Å²) in [4.78, 5) is 0. The quantitative estimate of drug-likeness (QED) is 0.895. The van der Waals surface area contributed by atoms with Crippen LogP contribution >= 0.6 is 11.6 Å². The van der Waals surface area contributed by atoms with Gasteiger partial charge in [0, 0.05) is 24.1 Å². The molecule has 0 radical (unpaired) electrons. The second-order valence-electron chi connectivity index (χ2n) is 4.42. The van der Waals surface area contributed by atoms with Gasteiger partial charge in [0.2, 0.25) is 0 Å². The molecule has 0 spiro atoms. The molecule has 0 saturated carbocycles. The molecule has 1 unspecified atom stereocenters. The zero-order chi connectivity index (χ0) is 13.3. The minimum atomic E-state index is -0.695. The zero-order valence-electron chi connectivity index (χ0n) is 10.4. The van der Waals surface area contributed by atoms with E-state index in [1.807, 2.05) is 25.1 Å². The highest BCUT2D eigenvalue weighted by molar-refractivity contribution is 6.31. The maximum atomic E-state index is 10.2. The van der Waals surface area contributed by atoms with Gasteiger partial charge in [0.25, 0.3) is 0 Å². The maximum absolute atomic E-state index is 10.2. The van der Waals surface area contributed by atoms with E-state index in [2.05, 4.69) is 5.10 Å². The third-order valence-electron chi connectivity index (χ3n) is 3.00. The van der Waals surface area contributed by atoms with E-state index in [4.69, 9.17) is 17.3 Å². The Balaban J connectivity index is 2.21. The third-order valence-corrected chi connectivity index (χ3v) is 3.35. The van der Waals surface area contributed by atoms with Gasteiger partial charge >= 0.3 is 0 Å². The monoisotopic (exact) mass is 265 g/mol. The summed E-state index contributed by atoms with van der Waals surface area (Å²) in [5.74, 6) is 0.478. The number of hydrogen-bond donors (Lipinski definition) is 2. The minimum Gasteiger partial charge on any atom is -0.388 e. The van der Waals surface area contributed by atoms with E-state index >= 15 is 0 Å². The summed E-state index contributed by atoms with van der Waals surface area (Å²) in [6.45, 7) is 1.98. The minimum absolute atomic E-state index is 0.426. The highest BCUT2D eigenvalue weighted by Gasteiger charge is 2.16. The van der Waals surface area contributed by atoms with Crippen LogP contribution in [0.4, 0.5) is 5.82 Å². The summed E-state index contributed by atoms with van der Waals surface area (Å²) in [5.41, 5.74) is 8.46. The topological polar surface area (TPSA) is 64.1 Å². The molecule has 2 rings (SSSR count). The molecule has 1 aromatic heterocycles. The van der Waals surface area contributed by atoms with Crippen LogP contribution in [0.2, 0.25) is 5.02 Å². The van der Waals surface area contributed by atoms with Gasteiger partial charge < -0.3 is 10.8 Å². The van der Waals surface area contributed by atoms with Gasteiger partial charge in [0.15, 0.2) is 0 Å². The van der Waals surface area contributed by atoms with Crippen LogP contribution in [0.3, 0.4) is 0 Å². The molecule has 3 N–H and O–H groups in total. The van der Waals surface area contributed by atoms with Gasteiger partial charge in [0.1, 0.15) is 5.82 Å². The lowest BCUT2D eigenvalue weighted by molar-refractivity contribution is 0.179. The van der Waals surface area contributed by atoms with E-state index in [-0.39, 0.29) is 0 Å². The smallest absolute Gasteiger partial charge is 0.127 e. The van der Waals surface area contributed by atoms with Crippen LogP contribution in [0.5, 0.6) is 0 Å². The van der Waals surface area contributed by atoms with Gasteiger partial charge in [-0.2, -0.15) is 5.10 Å². The van der Waals surface area contributed by atoms with Crippen molar-refractivity contribution in [3.05, 3.63) is 46.1 Å². The van der Waals surface area contributed by atoms with Gasteiger partial charge in [-0.25, -0.2) is 0 Å². The molecule has 0 amide bonds. The average Bonchev–Trinajstić information content (AvgIpc) is 2.64. The van der Waals surface area contributed by atoms with Crippen molar-refractivity contribution in [3.63, 3.8) is 0 Å². The van der Waals surface area contributed by atoms with E-state index in [1.54, 1.807) is 13.2 Å². The normalized spacial score (nSPS) is 12.7. The fraction of sp³-hybridized carbons (Fsp3) is 0.308. The number of rotatable bonds is 3. The van der Waals surface area contributed by atoms with Crippen LogP contribution in [0.15, 0.2) is 24.4 Å². The second kappa shape index (κ2) is 5.00. The molecular formula is C13H16ClN3O. The standard InChI is InChI=1S/C13H16ClN3O/c1-8-3-4-9(11(14)5-8)6-12(18)10-7-16-17(2)13(10)15/h3-5,7,12,18H,6,15H2,1-2H3. The fourth-order valence-electron chi connectivity index (χ4n) is 1.86. The second-order valence-corrected chi connectivity index (χ2v) is 4.83. The lowest BCUT2D eigenvalue weighted by atomic mass is 10.0. The molecule has 0 aliphatic rings. The molecule has 5 heteroatoms. The van der Waals surface area contributed by atoms with Crippen molar-refractivity contribution in [1.82, 2.24) is 9.78 Å². The Kier molecular flexibility index (Phi) is 3.59. The van der Waals surface area contributed by atoms with Crippen molar-refractivity contribution in [2.45, 2.75) is 19.4 Å². The number of benzene rings is 1. The molecule has 1 heterocycles. The number of hydrogen-bond acceptors (Lipinski definition) is 3. The Morgan fingerprint density at radius 3 is 2.78 bits per heavy atom. The first kappa shape index (κ1) is 12.9.